The minimum Gasteiger partial charge on any atom is -0.462 e. The van der Waals surface area contributed by atoms with Gasteiger partial charge in [-0.15, -0.1) is 0 Å². The number of allylic oxidation sites excluding steroid dienone is 4. The van der Waals surface area contributed by atoms with Gasteiger partial charge in [-0.1, -0.05) is 218 Å². The highest BCUT2D eigenvalue weighted by atomic mass is 16.6. The Hall–Kier alpha value is -2.11. The van der Waals surface area contributed by atoms with Crippen LogP contribution in [-0.4, -0.2) is 37.2 Å². The van der Waals surface area contributed by atoms with Crippen molar-refractivity contribution in [3.63, 3.8) is 0 Å². The van der Waals surface area contributed by atoms with Crippen LogP contribution in [0.15, 0.2) is 24.3 Å². The zero-order valence-corrected chi connectivity index (χ0v) is 39.5. The van der Waals surface area contributed by atoms with E-state index in [4.69, 9.17) is 14.2 Å². The van der Waals surface area contributed by atoms with Gasteiger partial charge < -0.3 is 14.2 Å². The van der Waals surface area contributed by atoms with E-state index in [2.05, 4.69) is 45.1 Å². The summed E-state index contributed by atoms with van der Waals surface area (Å²) in [6.07, 6.45) is 54.6. The number of hydrogen-bond acceptors (Lipinski definition) is 6. The topological polar surface area (TPSA) is 78.9 Å². The van der Waals surface area contributed by atoms with Gasteiger partial charge in [0.05, 0.1) is 0 Å². The highest BCUT2D eigenvalue weighted by Crippen LogP contribution is 2.15. The van der Waals surface area contributed by atoms with E-state index in [9.17, 15) is 14.4 Å². The summed E-state index contributed by atoms with van der Waals surface area (Å²) in [6.45, 7) is 6.60. The molecule has 0 heterocycles. The summed E-state index contributed by atoms with van der Waals surface area (Å²) in [7, 11) is 0. The molecule has 0 rings (SSSR count). The number of carbonyl (C=O) groups excluding carboxylic acids is 3. The van der Waals surface area contributed by atoms with Crippen LogP contribution in [0.4, 0.5) is 0 Å². The van der Waals surface area contributed by atoms with Crippen LogP contribution in [0, 0.1) is 0 Å². The minimum absolute atomic E-state index is 0.0806. The molecule has 0 aromatic carbocycles. The van der Waals surface area contributed by atoms with Gasteiger partial charge in [-0.2, -0.15) is 0 Å². The third-order valence-electron chi connectivity index (χ3n) is 11.4. The van der Waals surface area contributed by atoms with Gasteiger partial charge in [0, 0.05) is 19.3 Å². The van der Waals surface area contributed by atoms with Crippen molar-refractivity contribution in [2.24, 2.45) is 0 Å². The van der Waals surface area contributed by atoms with E-state index < -0.39 is 6.10 Å². The van der Waals surface area contributed by atoms with E-state index in [1.165, 1.54) is 173 Å². The molecular weight excluding hydrogens is 733 g/mol. The average molecular weight is 831 g/mol. The lowest BCUT2D eigenvalue weighted by molar-refractivity contribution is -0.167. The number of hydrogen-bond donors (Lipinski definition) is 0. The predicted octanol–water partition coefficient (Wildman–Crippen LogP) is 16.8. The molecule has 0 aliphatic heterocycles. The van der Waals surface area contributed by atoms with Crippen molar-refractivity contribution in [1.82, 2.24) is 0 Å². The fraction of sp³-hybridized carbons (Fsp3) is 0.868. The number of carbonyl (C=O) groups is 3. The Morgan fingerprint density at radius 2 is 0.576 bits per heavy atom. The molecule has 0 radical (unpaired) electrons. The lowest BCUT2D eigenvalue weighted by Gasteiger charge is -2.18. The molecule has 0 aliphatic rings. The van der Waals surface area contributed by atoms with Crippen molar-refractivity contribution in [2.75, 3.05) is 13.2 Å². The van der Waals surface area contributed by atoms with Gasteiger partial charge >= 0.3 is 17.9 Å². The Morgan fingerprint density at radius 3 is 0.932 bits per heavy atom. The maximum Gasteiger partial charge on any atom is 0.306 e. The third-order valence-corrected chi connectivity index (χ3v) is 11.4. The van der Waals surface area contributed by atoms with Crippen LogP contribution in [0.25, 0.3) is 0 Å². The van der Waals surface area contributed by atoms with Crippen LogP contribution >= 0.6 is 0 Å². The van der Waals surface area contributed by atoms with E-state index in [1.54, 1.807) is 0 Å². The van der Waals surface area contributed by atoms with Gasteiger partial charge in [-0.25, -0.2) is 0 Å². The summed E-state index contributed by atoms with van der Waals surface area (Å²) >= 11 is 0. The first-order valence-electron chi connectivity index (χ1n) is 25.8. The summed E-state index contributed by atoms with van der Waals surface area (Å²) in [5.74, 6) is -0.913. The van der Waals surface area contributed by atoms with Gasteiger partial charge in [0.15, 0.2) is 6.10 Å². The molecule has 0 fully saturated rings. The molecule has 0 amide bonds. The van der Waals surface area contributed by atoms with Crippen molar-refractivity contribution in [3.05, 3.63) is 24.3 Å². The van der Waals surface area contributed by atoms with Crippen LogP contribution in [0.2, 0.25) is 0 Å². The predicted molar refractivity (Wildman–Crippen MR) is 252 cm³/mol. The Labute approximate surface area is 366 Å². The molecule has 0 aliphatic carbocycles. The van der Waals surface area contributed by atoms with Crippen molar-refractivity contribution in [1.29, 1.82) is 0 Å². The summed E-state index contributed by atoms with van der Waals surface area (Å²) in [5.41, 5.74) is 0. The van der Waals surface area contributed by atoms with Crippen LogP contribution < -0.4 is 0 Å². The van der Waals surface area contributed by atoms with E-state index in [1.807, 2.05) is 0 Å². The molecule has 1 atom stereocenters. The number of rotatable bonds is 47. The molecule has 0 aromatic rings. The largest absolute Gasteiger partial charge is 0.462 e. The van der Waals surface area contributed by atoms with Crippen molar-refractivity contribution in [3.8, 4) is 0 Å². The monoisotopic (exact) mass is 831 g/mol. The normalized spacial score (nSPS) is 12.1. The number of unbranched alkanes of at least 4 members (excludes halogenated alkanes) is 32. The molecular formula is C53H98O6. The smallest absolute Gasteiger partial charge is 0.306 e. The Bertz CT molecular complexity index is 958. The Morgan fingerprint density at radius 1 is 0.322 bits per heavy atom. The average Bonchev–Trinajstić information content (AvgIpc) is 3.23. The SMILES string of the molecule is CCCCCC/C=C\CCCC(=O)OCC(COC(=O)CCCCCCC/C=C\CCCCCCCCCCC)OC(=O)CCCCCCCCCCCCCCCC. The Balaban J connectivity index is 4.30. The molecule has 6 nitrogen and oxygen atoms in total. The first-order chi connectivity index (χ1) is 29.0. The van der Waals surface area contributed by atoms with Crippen molar-refractivity contribution in [2.45, 2.75) is 284 Å². The van der Waals surface area contributed by atoms with Crippen molar-refractivity contribution >= 4 is 17.9 Å². The molecule has 0 bridgehead atoms. The highest BCUT2D eigenvalue weighted by molar-refractivity contribution is 5.71. The lowest BCUT2D eigenvalue weighted by atomic mass is 10.0. The Kier molecular flexibility index (Phi) is 46.8. The lowest BCUT2D eigenvalue weighted by Crippen LogP contribution is -2.30. The number of esters is 3. The standard InChI is InChI=1S/C53H98O6/c1-4-7-10-13-16-19-21-23-25-26-27-28-30-31-34-37-40-43-46-52(55)58-49-50(48-57-51(54)45-42-39-36-33-18-15-12-9-6-3)59-53(56)47-44-41-38-35-32-29-24-22-20-17-14-11-8-5-2/h27-28,33,36,50H,4-26,29-32,34-35,37-49H2,1-3H3/b28-27-,36-33-. The summed E-state index contributed by atoms with van der Waals surface area (Å²) in [5, 5.41) is 0. The first kappa shape index (κ1) is 56.9. The summed E-state index contributed by atoms with van der Waals surface area (Å²) in [6, 6.07) is 0. The molecule has 0 N–H and O–H groups in total. The molecule has 59 heavy (non-hydrogen) atoms. The van der Waals surface area contributed by atoms with Crippen molar-refractivity contribution < 1.29 is 28.6 Å². The zero-order valence-electron chi connectivity index (χ0n) is 39.5. The second-order valence-corrected chi connectivity index (χ2v) is 17.4. The van der Waals surface area contributed by atoms with Crippen LogP contribution in [0.3, 0.4) is 0 Å². The van der Waals surface area contributed by atoms with Gasteiger partial charge in [0.1, 0.15) is 13.2 Å². The van der Waals surface area contributed by atoms with E-state index in [-0.39, 0.29) is 31.1 Å². The molecule has 6 heteroatoms. The van der Waals surface area contributed by atoms with Crippen LogP contribution in [0.1, 0.15) is 278 Å². The van der Waals surface area contributed by atoms with Crippen LogP contribution in [0.5, 0.6) is 0 Å². The molecule has 0 spiro atoms. The van der Waals surface area contributed by atoms with E-state index in [0.717, 1.165) is 64.2 Å². The molecule has 0 saturated carbocycles. The molecule has 0 saturated heterocycles. The van der Waals surface area contributed by atoms with Crippen LogP contribution in [-0.2, 0) is 28.6 Å². The number of ether oxygens (including phenoxy) is 3. The quantitative estimate of drug-likeness (QED) is 0.0263. The third kappa shape index (κ3) is 46.8. The highest BCUT2D eigenvalue weighted by Gasteiger charge is 2.19. The second-order valence-electron chi connectivity index (χ2n) is 17.4. The van der Waals surface area contributed by atoms with Gasteiger partial charge in [0.25, 0.3) is 0 Å². The van der Waals surface area contributed by atoms with E-state index in [0.29, 0.717) is 19.3 Å². The van der Waals surface area contributed by atoms with Gasteiger partial charge in [-0.05, 0) is 64.2 Å². The first-order valence-corrected chi connectivity index (χ1v) is 25.8. The maximum absolute atomic E-state index is 12.8. The maximum atomic E-state index is 12.8. The fourth-order valence-corrected chi connectivity index (χ4v) is 7.50. The van der Waals surface area contributed by atoms with E-state index >= 15 is 0 Å². The molecule has 346 valence electrons. The molecule has 1 unspecified atom stereocenters. The summed E-state index contributed by atoms with van der Waals surface area (Å²) < 4.78 is 16.7. The van der Waals surface area contributed by atoms with Gasteiger partial charge in [-0.3, -0.25) is 14.4 Å². The molecule has 0 aromatic heterocycles. The second kappa shape index (κ2) is 48.6. The summed E-state index contributed by atoms with van der Waals surface area (Å²) in [4.78, 5) is 37.8. The fourth-order valence-electron chi connectivity index (χ4n) is 7.50. The minimum atomic E-state index is -0.779. The zero-order chi connectivity index (χ0) is 43.0. The van der Waals surface area contributed by atoms with Gasteiger partial charge in [0.2, 0.25) is 0 Å².